The molecule has 0 aromatic rings. The molecule has 0 radical (unpaired) electrons. The molecule has 0 aromatic heterocycles. The van der Waals surface area contributed by atoms with E-state index in [1.54, 1.807) is 6.66 Å². The Bertz CT molecular complexity index is 269. The third-order valence-corrected chi connectivity index (χ3v) is 4.14. The van der Waals surface area contributed by atoms with Gasteiger partial charge >= 0.3 is 0 Å². The highest BCUT2D eigenvalue weighted by atomic mass is 31.2. The van der Waals surface area contributed by atoms with Gasteiger partial charge in [0.1, 0.15) is 6.35 Å². The van der Waals surface area contributed by atoms with Gasteiger partial charge in [-0.2, -0.15) is 0 Å². The molecule has 1 heterocycles. The molecule has 4 nitrogen and oxygen atoms in total. The van der Waals surface area contributed by atoms with E-state index >= 15 is 0 Å². The molecule has 0 aromatic carbocycles. The van der Waals surface area contributed by atoms with Crippen LogP contribution in [0.1, 0.15) is 26.7 Å². The fourth-order valence-corrected chi connectivity index (χ4v) is 3.50. The number of fused-ring (bicyclic) bond motifs is 1. The third-order valence-electron chi connectivity index (χ3n) is 2.66. The van der Waals surface area contributed by atoms with Crippen molar-refractivity contribution in [2.75, 3.05) is 13.0 Å². The first-order chi connectivity index (χ1) is 6.96. The summed E-state index contributed by atoms with van der Waals surface area (Å²) in [5.74, 6) is 0. The molecule has 1 saturated heterocycles. The molecular formula is C10H19O4P. The third kappa shape index (κ3) is 3.28. The highest BCUT2D eigenvalue weighted by Gasteiger charge is 2.48. The van der Waals surface area contributed by atoms with Gasteiger partial charge in [-0.05, 0) is 13.8 Å². The summed E-state index contributed by atoms with van der Waals surface area (Å²) < 4.78 is 28.1. The molecule has 0 amide bonds. The zero-order chi connectivity index (χ0) is 11.1. The Morgan fingerprint density at radius 1 is 1.40 bits per heavy atom. The number of rotatable bonds is 5. The van der Waals surface area contributed by atoms with E-state index in [2.05, 4.69) is 0 Å². The lowest BCUT2D eigenvalue weighted by Crippen LogP contribution is -2.14. The molecule has 2 rings (SSSR count). The first-order valence-corrected chi connectivity index (χ1v) is 7.74. The molecular weight excluding hydrogens is 215 g/mol. The molecule has 1 aliphatic heterocycles. The topological polar surface area (TPSA) is 48.1 Å². The van der Waals surface area contributed by atoms with Crippen molar-refractivity contribution in [2.45, 2.75) is 51.1 Å². The number of ether oxygens (including phenoxy) is 2. The van der Waals surface area contributed by atoms with Gasteiger partial charge in [-0.3, -0.25) is 4.57 Å². The van der Waals surface area contributed by atoms with Crippen molar-refractivity contribution in [1.29, 1.82) is 0 Å². The van der Waals surface area contributed by atoms with Crippen LogP contribution in [0.4, 0.5) is 0 Å². The van der Waals surface area contributed by atoms with Crippen LogP contribution >= 0.6 is 7.37 Å². The summed E-state index contributed by atoms with van der Waals surface area (Å²) in [6, 6.07) is 0. The summed E-state index contributed by atoms with van der Waals surface area (Å²) in [4.78, 5) is 0. The van der Waals surface area contributed by atoms with E-state index in [1.165, 1.54) is 0 Å². The van der Waals surface area contributed by atoms with E-state index in [0.29, 0.717) is 12.2 Å². The fourth-order valence-electron chi connectivity index (χ4n) is 2.06. The van der Waals surface area contributed by atoms with Gasteiger partial charge in [0.2, 0.25) is 7.37 Å². The van der Waals surface area contributed by atoms with Crippen LogP contribution in [0.5, 0.6) is 0 Å². The van der Waals surface area contributed by atoms with Crippen molar-refractivity contribution in [2.24, 2.45) is 0 Å². The second-order valence-electron chi connectivity index (χ2n) is 4.77. The van der Waals surface area contributed by atoms with Crippen LogP contribution in [0, 0.1) is 0 Å². The van der Waals surface area contributed by atoms with Crippen molar-refractivity contribution >= 4 is 7.37 Å². The zero-order valence-corrected chi connectivity index (χ0v) is 10.4. The lowest BCUT2D eigenvalue weighted by molar-refractivity contribution is 0.0537. The predicted molar refractivity (Wildman–Crippen MR) is 57.4 cm³/mol. The Morgan fingerprint density at radius 2 is 2.00 bits per heavy atom. The molecule has 0 N–H and O–H groups in total. The van der Waals surface area contributed by atoms with E-state index in [-0.39, 0.29) is 18.6 Å². The van der Waals surface area contributed by atoms with Gasteiger partial charge in [0.25, 0.3) is 0 Å². The predicted octanol–water partition coefficient (Wildman–Crippen LogP) is 2.22. The second kappa shape index (κ2) is 4.17. The Balaban J connectivity index is 1.70. The average molecular weight is 234 g/mol. The van der Waals surface area contributed by atoms with Crippen LogP contribution < -0.4 is 0 Å². The largest absolute Gasteiger partial charge is 0.369 e. The first-order valence-electron chi connectivity index (χ1n) is 5.48. The summed E-state index contributed by atoms with van der Waals surface area (Å²) in [6.07, 6.45) is 3.17. The Kier molecular flexibility index (Phi) is 3.22. The van der Waals surface area contributed by atoms with Crippen molar-refractivity contribution in [3.63, 3.8) is 0 Å². The fraction of sp³-hybridized carbons (Fsp3) is 1.00. The molecule has 1 saturated carbocycles. The molecule has 0 spiro atoms. The van der Waals surface area contributed by atoms with Crippen LogP contribution in [-0.2, 0) is 18.6 Å². The maximum atomic E-state index is 11.9. The second-order valence-corrected chi connectivity index (χ2v) is 7.27. The number of hydrogen-bond donors (Lipinski definition) is 0. The molecule has 0 bridgehead atoms. The normalized spacial score (nSPS) is 37.7. The first kappa shape index (κ1) is 11.6. The summed E-state index contributed by atoms with van der Waals surface area (Å²) in [7, 11) is -2.57. The molecule has 4 atom stereocenters. The van der Waals surface area contributed by atoms with E-state index < -0.39 is 7.37 Å². The van der Waals surface area contributed by atoms with Crippen LogP contribution in [0.15, 0.2) is 0 Å². The standard InChI is InChI=1S/C10H19O4P/c1-7(2)14-15(3,11)6-12-8-4-9-10(5-8)13-9/h7-10H,4-6H2,1-3H3/t8?,9-,10+,15?. The maximum Gasteiger partial charge on any atom is 0.225 e. The average Bonchev–Trinajstić information content (AvgIpc) is 2.69. The number of hydrogen-bond acceptors (Lipinski definition) is 4. The van der Waals surface area contributed by atoms with Gasteiger partial charge in [0.05, 0.1) is 24.4 Å². The van der Waals surface area contributed by atoms with Crippen LogP contribution in [0.25, 0.3) is 0 Å². The lowest BCUT2D eigenvalue weighted by atomic mass is 10.3. The van der Waals surface area contributed by atoms with Crippen molar-refractivity contribution in [3.8, 4) is 0 Å². The SMILES string of the molecule is CC(C)OP(C)(=O)COC1C[C@@H]2O[C@@H]2C1. The van der Waals surface area contributed by atoms with Crippen LogP contribution in [0.2, 0.25) is 0 Å². The van der Waals surface area contributed by atoms with E-state index in [1.807, 2.05) is 13.8 Å². The molecule has 15 heavy (non-hydrogen) atoms. The minimum absolute atomic E-state index is 0.00949. The Hall–Kier alpha value is 0.110. The zero-order valence-electron chi connectivity index (χ0n) is 9.51. The molecule has 5 heteroatoms. The summed E-state index contributed by atoms with van der Waals surface area (Å²) in [5.41, 5.74) is 0. The Morgan fingerprint density at radius 3 is 2.53 bits per heavy atom. The van der Waals surface area contributed by atoms with Crippen molar-refractivity contribution in [3.05, 3.63) is 0 Å². The minimum atomic E-state index is -2.57. The summed E-state index contributed by atoms with van der Waals surface area (Å²) >= 11 is 0. The molecule has 2 fully saturated rings. The summed E-state index contributed by atoms with van der Waals surface area (Å²) in [6.45, 7) is 5.41. The molecule has 2 aliphatic rings. The van der Waals surface area contributed by atoms with E-state index in [0.717, 1.165) is 12.8 Å². The Labute approximate surface area is 90.7 Å². The van der Waals surface area contributed by atoms with E-state index in [4.69, 9.17) is 14.0 Å². The van der Waals surface area contributed by atoms with Gasteiger partial charge < -0.3 is 14.0 Å². The summed E-state index contributed by atoms with van der Waals surface area (Å²) in [5, 5.41) is 0. The van der Waals surface area contributed by atoms with Crippen LogP contribution in [0.3, 0.4) is 0 Å². The highest BCUT2D eigenvalue weighted by molar-refractivity contribution is 7.57. The van der Waals surface area contributed by atoms with Gasteiger partial charge in [-0.1, -0.05) is 0 Å². The highest BCUT2D eigenvalue weighted by Crippen LogP contribution is 2.46. The van der Waals surface area contributed by atoms with Crippen molar-refractivity contribution in [1.82, 2.24) is 0 Å². The quantitative estimate of drug-likeness (QED) is 0.540. The molecule has 1 aliphatic carbocycles. The number of epoxide rings is 1. The lowest BCUT2D eigenvalue weighted by Gasteiger charge is -2.19. The maximum absolute atomic E-state index is 11.9. The monoisotopic (exact) mass is 234 g/mol. The van der Waals surface area contributed by atoms with Crippen LogP contribution in [-0.4, -0.2) is 37.4 Å². The van der Waals surface area contributed by atoms with Gasteiger partial charge in [-0.15, -0.1) is 0 Å². The minimum Gasteiger partial charge on any atom is -0.369 e. The van der Waals surface area contributed by atoms with E-state index in [9.17, 15) is 4.57 Å². The molecule has 2 unspecified atom stereocenters. The smallest absolute Gasteiger partial charge is 0.225 e. The van der Waals surface area contributed by atoms with Gasteiger partial charge in [0, 0.05) is 19.5 Å². The van der Waals surface area contributed by atoms with Gasteiger partial charge in [-0.25, -0.2) is 0 Å². The van der Waals surface area contributed by atoms with Crippen molar-refractivity contribution < 1.29 is 18.6 Å². The molecule has 88 valence electrons. The van der Waals surface area contributed by atoms with Gasteiger partial charge in [0.15, 0.2) is 0 Å².